The molecule has 0 fully saturated rings. The molecule has 68 valence electrons. The summed E-state index contributed by atoms with van der Waals surface area (Å²) in [6.45, 7) is 3.33. The molecule has 5 heteroatoms. The van der Waals surface area contributed by atoms with Gasteiger partial charge in [-0.3, -0.25) is 0 Å². The number of ether oxygens (including phenoxy) is 1. The van der Waals surface area contributed by atoms with E-state index in [1.54, 1.807) is 0 Å². The van der Waals surface area contributed by atoms with Gasteiger partial charge in [-0.1, -0.05) is 6.92 Å². The van der Waals surface area contributed by atoms with E-state index in [9.17, 15) is 0 Å². The second kappa shape index (κ2) is 4.84. The minimum Gasteiger partial charge on any atom is -0.423 e. The first kappa shape index (κ1) is 9.15. The standard InChI is InChI=1S/C7H13N3O2/c1-2-6-9-10-7(12-6)5-11-4-3-8/h2-5,8H2,1H3. The Hall–Kier alpha value is -0.940. The molecule has 0 atom stereocenters. The lowest BCUT2D eigenvalue weighted by molar-refractivity contribution is 0.108. The van der Waals surface area contributed by atoms with Gasteiger partial charge in [0, 0.05) is 13.0 Å². The van der Waals surface area contributed by atoms with E-state index < -0.39 is 0 Å². The topological polar surface area (TPSA) is 74.2 Å². The van der Waals surface area contributed by atoms with E-state index in [0.717, 1.165) is 6.42 Å². The highest BCUT2D eigenvalue weighted by atomic mass is 16.5. The highest BCUT2D eigenvalue weighted by molar-refractivity contribution is 4.78. The summed E-state index contributed by atoms with van der Waals surface area (Å²) in [6, 6.07) is 0. The molecule has 0 saturated carbocycles. The van der Waals surface area contributed by atoms with Gasteiger partial charge in [0.1, 0.15) is 6.61 Å². The summed E-state index contributed by atoms with van der Waals surface area (Å²) < 4.78 is 10.3. The van der Waals surface area contributed by atoms with E-state index >= 15 is 0 Å². The van der Waals surface area contributed by atoms with Gasteiger partial charge in [0.25, 0.3) is 0 Å². The summed E-state index contributed by atoms with van der Waals surface area (Å²) in [5, 5.41) is 7.56. The van der Waals surface area contributed by atoms with Crippen LogP contribution in [0.15, 0.2) is 4.42 Å². The molecular weight excluding hydrogens is 158 g/mol. The molecule has 0 spiro atoms. The Morgan fingerprint density at radius 3 is 2.75 bits per heavy atom. The maximum absolute atomic E-state index is 5.23. The predicted molar refractivity (Wildman–Crippen MR) is 42.4 cm³/mol. The summed E-state index contributed by atoms with van der Waals surface area (Å²) >= 11 is 0. The van der Waals surface area contributed by atoms with Crippen LogP contribution in [0.2, 0.25) is 0 Å². The van der Waals surface area contributed by atoms with Crippen LogP contribution in [0.4, 0.5) is 0 Å². The van der Waals surface area contributed by atoms with Crippen molar-refractivity contribution in [3.8, 4) is 0 Å². The minimum absolute atomic E-state index is 0.351. The normalized spacial score (nSPS) is 10.5. The molecule has 0 bridgehead atoms. The lowest BCUT2D eigenvalue weighted by Crippen LogP contribution is -2.08. The van der Waals surface area contributed by atoms with Gasteiger partial charge >= 0.3 is 0 Å². The van der Waals surface area contributed by atoms with Crippen LogP contribution >= 0.6 is 0 Å². The number of hydrogen-bond acceptors (Lipinski definition) is 5. The molecule has 0 amide bonds. The minimum atomic E-state index is 0.351. The van der Waals surface area contributed by atoms with E-state index in [0.29, 0.717) is 31.5 Å². The van der Waals surface area contributed by atoms with Gasteiger partial charge in [-0.2, -0.15) is 0 Å². The maximum Gasteiger partial charge on any atom is 0.242 e. The first-order valence-electron chi connectivity index (χ1n) is 3.96. The Morgan fingerprint density at radius 1 is 1.42 bits per heavy atom. The van der Waals surface area contributed by atoms with Crippen molar-refractivity contribution in [2.45, 2.75) is 20.0 Å². The van der Waals surface area contributed by atoms with Crippen molar-refractivity contribution >= 4 is 0 Å². The summed E-state index contributed by atoms with van der Waals surface area (Å²) in [5.74, 6) is 1.15. The zero-order chi connectivity index (χ0) is 8.81. The van der Waals surface area contributed by atoms with Crippen molar-refractivity contribution in [1.82, 2.24) is 10.2 Å². The van der Waals surface area contributed by atoms with Gasteiger partial charge < -0.3 is 14.9 Å². The molecule has 0 radical (unpaired) electrons. The Labute approximate surface area is 70.9 Å². The smallest absolute Gasteiger partial charge is 0.242 e. The van der Waals surface area contributed by atoms with Gasteiger partial charge in [0.2, 0.25) is 11.8 Å². The van der Waals surface area contributed by atoms with Crippen molar-refractivity contribution in [3.05, 3.63) is 11.8 Å². The van der Waals surface area contributed by atoms with E-state index in [1.165, 1.54) is 0 Å². The summed E-state index contributed by atoms with van der Waals surface area (Å²) in [6.07, 6.45) is 0.754. The fourth-order valence-corrected chi connectivity index (χ4v) is 0.732. The van der Waals surface area contributed by atoms with Crippen LogP contribution < -0.4 is 5.73 Å². The molecule has 0 aliphatic rings. The maximum atomic E-state index is 5.23. The van der Waals surface area contributed by atoms with Crippen molar-refractivity contribution in [2.75, 3.05) is 13.2 Å². The van der Waals surface area contributed by atoms with Gasteiger partial charge in [0.05, 0.1) is 6.61 Å². The van der Waals surface area contributed by atoms with Gasteiger partial charge in [-0.05, 0) is 0 Å². The van der Waals surface area contributed by atoms with Crippen LogP contribution in [0, 0.1) is 0 Å². The van der Waals surface area contributed by atoms with E-state index in [4.69, 9.17) is 14.9 Å². The molecule has 0 unspecified atom stereocenters. The first-order chi connectivity index (χ1) is 5.86. The van der Waals surface area contributed by atoms with Crippen molar-refractivity contribution in [3.63, 3.8) is 0 Å². The first-order valence-corrected chi connectivity index (χ1v) is 3.96. The Bertz CT molecular complexity index is 224. The number of nitrogens with zero attached hydrogens (tertiary/aromatic N) is 2. The molecule has 5 nitrogen and oxygen atoms in total. The fourth-order valence-electron chi connectivity index (χ4n) is 0.732. The summed E-state index contributed by atoms with van der Waals surface area (Å²) in [4.78, 5) is 0. The third-order valence-electron chi connectivity index (χ3n) is 1.30. The third kappa shape index (κ3) is 2.60. The van der Waals surface area contributed by atoms with Crippen LogP contribution in [0.1, 0.15) is 18.7 Å². The van der Waals surface area contributed by atoms with Crippen molar-refractivity contribution < 1.29 is 9.15 Å². The lowest BCUT2D eigenvalue weighted by Gasteiger charge is -1.95. The molecule has 0 saturated heterocycles. The van der Waals surface area contributed by atoms with Crippen LogP contribution in [0.5, 0.6) is 0 Å². The molecule has 1 heterocycles. The molecular formula is C7H13N3O2. The van der Waals surface area contributed by atoms with Crippen LogP contribution in [0.3, 0.4) is 0 Å². The highest BCUT2D eigenvalue weighted by Gasteiger charge is 2.02. The van der Waals surface area contributed by atoms with Gasteiger partial charge in [-0.15, -0.1) is 10.2 Å². The fraction of sp³-hybridized carbons (Fsp3) is 0.714. The second-order valence-electron chi connectivity index (χ2n) is 2.28. The number of aryl methyl sites for hydroxylation is 1. The molecule has 0 aromatic carbocycles. The highest BCUT2D eigenvalue weighted by Crippen LogP contribution is 2.01. The van der Waals surface area contributed by atoms with Crippen molar-refractivity contribution in [1.29, 1.82) is 0 Å². The zero-order valence-corrected chi connectivity index (χ0v) is 7.12. The van der Waals surface area contributed by atoms with Gasteiger partial charge in [-0.25, -0.2) is 0 Å². The largest absolute Gasteiger partial charge is 0.423 e. The zero-order valence-electron chi connectivity index (χ0n) is 7.12. The Kier molecular flexibility index (Phi) is 3.69. The summed E-state index contributed by atoms with van der Waals surface area (Å²) in [5.41, 5.74) is 5.23. The number of hydrogen-bond donors (Lipinski definition) is 1. The molecule has 2 N–H and O–H groups in total. The Morgan fingerprint density at radius 2 is 2.17 bits per heavy atom. The lowest BCUT2D eigenvalue weighted by atomic mass is 10.5. The van der Waals surface area contributed by atoms with Crippen LogP contribution in [-0.2, 0) is 17.8 Å². The van der Waals surface area contributed by atoms with E-state index in [-0.39, 0.29) is 0 Å². The molecule has 1 rings (SSSR count). The SMILES string of the molecule is CCc1nnc(COCCN)o1. The van der Waals surface area contributed by atoms with Crippen molar-refractivity contribution in [2.24, 2.45) is 5.73 Å². The molecule has 1 aromatic rings. The van der Waals surface area contributed by atoms with E-state index in [1.807, 2.05) is 6.92 Å². The van der Waals surface area contributed by atoms with Crippen LogP contribution in [-0.4, -0.2) is 23.3 Å². The summed E-state index contributed by atoms with van der Waals surface area (Å²) in [7, 11) is 0. The average Bonchev–Trinajstić information content (AvgIpc) is 2.53. The Balaban J connectivity index is 2.31. The predicted octanol–water partition coefficient (Wildman–Crippen LogP) is 0.107. The molecule has 1 aromatic heterocycles. The molecule has 0 aliphatic heterocycles. The second-order valence-corrected chi connectivity index (χ2v) is 2.28. The van der Waals surface area contributed by atoms with E-state index in [2.05, 4.69) is 10.2 Å². The third-order valence-corrected chi connectivity index (χ3v) is 1.30. The average molecular weight is 171 g/mol. The number of nitrogens with two attached hydrogens (primary N) is 1. The van der Waals surface area contributed by atoms with Gasteiger partial charge in [0.15, 0.2) is 0 Å². The number of aromatic nitrogens is 2. The monoisotopic (exact) mass is 171 g/mol. The number of rotatable bonds is 5. The van der Waals surface area contributed by atoms with Crippen LogP contribution in [0.25, 0.3) is 0 Å². The molecule has 12 heavy (non-hydrogen) atoms. The quantitative estimate of drug-likeness (QED) is 0.636. The molecule has 0 aliphatic carbocycles.